The van der Waals surface area contributed by atoms with E-state index in [2.05, 4.69) is 25.2 Å². The van der Waals surface area contributed by atoms with Crippen molar-refractivity contribution < 1.29 is 9.53 Å². The fraction of sp³-hybridized carbons (Fsp3) is 0.588. The zero-order valence-corrected chi connectivity index (χ0v) is 12.4. The van der Waals surface area contributed by atoms with Gasteiger partial charge in [-0.2, -0.15) is 0 Å². The largest absolute Gasteiger partial charge is 0.492 e. The number of ketones is 1. The Morgan fingerprint density at radius 1 is 1.40 bits per heavy atom. The number of Topliss-reactive ketones (excluding diaryl/α,β-unsaturated/α-hetero) is 1. The first-order valence-corrected chi connectivity index (χ1v) is 7.61. The van der Waals surface area contributed by atoms with Gasteiger partial charge < -0.3 is 10.1 Å². The first-order valence-electron chi connectivity index (χ1n) is 7.61. The first kappa shape index (κ1) is 13.6. The monoisotopic (exact) mass is 273 g/mol. The van der Waals surface area contributed by atoms with E-state index < -0.39 is 0 Å². The van der Waals surface area contributed by atoms with Crippen LogP contribution in [0.2, 0.25) is 0 Å². The Hall–Kier alpha value is -1.35. The molecular formula is C17H23NO2. The van der Waals surface area contributed by atoms with Crippen molar-refractivity contribution in [3.05, 3.63) is 29.3 Å². The molecular weight excluding hydrogens is 250 g/mol. The van der Waals surface area contributed by atoms with Crippen LogP contribution in [0.5, 0.6) is 5.75 Å². The normalized spacial score (nSPS) is 22.2. The summed E-state index contributed by atoms with van der Waals surface area (Å²) in [6.07, 6.45) is 3.20. The van der Waals surface area contributed by atoms with Crippen LogP contribution < -0.4 is 10.1 Å². The second-order valence-corrected chi connectivity index (χ2v) is 6.49. The number of carbonyl (C=O) groups is 1. The van der Waals surface area contributed by atoms with Crippen LogP contribution in [0.25, 0.3) is 0 Å². The smallest absolute Gasteiger partial charge is 0.172 e. The molecule has 20 heavy (non-hydrogen) atoms. The summed E-state index contributed by atoms with van der Waals surface area (Å²) in [6, 6.07) is 5.97. The van der Waals surface area contributed by atoms with Crippen LogP contribution in [0.15, 0.2) is 18.2 Å². The molecule has 1 aromatic carbocycles. The topological polar surface area (TPSA) is 38.3 Å². The Bertz CT molecular complexity index is 516. The predicted octanol–water partition coefficient (Wildman–Crippen LogP) is 2.83. The summed E-state index contributed by atoms with van der Waals surface area (Å²) in [4.78, 5) is 13.0. The second-order valence-electron chi connectivity index (χ2n) is 6.49. The third kappa shape index (κ3) is 2.24. The van der Waals surface area contributed by atoms with Gasteiger partial charge in [-0.15, -0.1) is 0 Å². The van der Waals surface area contributed by atoms with Gasteiger partial charge in [0.1, 0.15) is 5.75 Å². The van der Waals surface area contributed by atoms with Crippen LogP contribution in [-0.4, -0.2) is 25.5 Å². The minimum absolute atomic E-state index is 0.227. The molecule has 0 saturated carbocycles. The van der Waals surface area contributed by atoms with Crippen molar-refractivity contribution in [2.45, 2.75) is 33.1 Å². The van der Waals surface area contributed by atoms with Gasteiger partial charge in [0, 0.05) is 11.8 Å². The fourth-order valence-electron chi connectivity index (χ4n) is 3.39. The van der Waals surface area contributed by atoms with Crippen LogP contribution in [0.3, 0.4) is 0 Å². The molecule has 1 fully saturated rings. The molecule has 0 bridgehead atoms. The van der Waals surface area contributed by atoms with Crippen molar-refractivity contribution in [2.24, 2.45) is 11.3 Å². The van der Waals surface area contributed by atoms with Crippen molar-refractivity contribution in [3.8, 4) is 5.75 Å². The van der Waals surface area contributed by atoms with E-state index in [1.165, 1.54) is 5.56 Å². The van der Waals surface area contributed by atoms with Gasteiger partial charge in [-0.05, 0) is 43.5 Å². The van der Waals surface area contributed by atoms with Crippen LogP contribution in [0.1, 0.15) is 42.6 Å². The predicted molar refractivity (Wildman–Crippen MR) is 79.3 cm³/mol. The Morgan fingerprint density at radius 3 is 3.00 bits per heavy atom. The maximum Gasteiger partial charge on any atom is 0.172 e. The third-order valence-corrected chi connectivity index (χ3v) is 4.86. The number of hydrogen-bond donors (Lipinski definition) is 1. The van der Waals surface area contributed by atoms with Gasteiger partial charge in [0.25, 0.3) is 0 Å². The lowest BCUT2D eigenvalue weighted by Gasteiger charge is -2.36. The van der Waals surface area contributed by atoms with Gasteiger partial charge in [0.05, 0.1) is 12.2 Å². The standard InChI is InChI=1S/C17H23NO2/c1-17(2,13-6-4-9-18-11-13)16(19)14-7-3-5-12-8-10-20-15(12)14/h3,5,7,13,18H,4,6,8-11H2,1-2H3. The molecule has 2 aliphatic heterocycles. The molecule has 3 rings (SSSR count). The van der Waals surface area contributed by atoms with E-state index in [0.717, 1.165) is 43.7 Å². The molecule has 0 spiro atoms. The molecule has 0 aliphatic carbocycles. The molecule has 2 aliphatic rings. The summed E-state index contributed by atoms with van der Waals surface area (Å²) in [5.74, 6) is 1.46. The number of benzene rings is 1. The van der Waals surface area contributed by atoms with Crippen LogP contribution >= 0.6 is 0 Å². The molecule has 0 amide bonds. The van der Waals surface area contributed by atoms with Crippen LogP contribution in [-0.2, 0) is 6.42 Å². The van der Waals surface area contributed by atoms with Crippen molar-refractivity contribution in [1.29, 1.82) is 0 Å². The minimum atomic E-state index is -0.339. The summed E-state index contributed by atoms with van der Waals surface area (Å²) >= 11 is 0. The highest BCUT2D eigenvalue weighted by Crippen LogP contribution is 2.39. The molecule has 0 aromatic heterocycles. The number of ether oxygens (including phenoxy) is 1. The first-order chi connectivity index (χ1) is 9.60. The maximum absolute atomic E-state index is 13.0. The highest BCUT2D eigenvalue weighted by molar-refractivity contribution is 6.03. The number of hydrogen-bond acceptors (Lipinski definition) is 3. The highest BCUT2D eigenvalue weighted by atomic mass is 16.5. The van der Waals surface area contributed by atoms with Crippen LogP contribution in [0, 0.1) is 11.3 Å². The zero-order chi connectivity index (χ0) is 14.2. The van der Waals surface area contributed by atoms with Gasteiger partial charge in [0.2, 0.25) is 0 Å². The lowest BCUT2D eigenvalue weighted by Crippen LogP contribution is -2.42. The second kappa shape index (κ2) is 5.21. The lowest BCUT2D eigenvalue weighted by molar-refractivity contribution is 0.0705. The van der Waals surface area contributed by atoms with E-state index in [0.29, 0.717) is 12.5 Å². The maximum atomic E-state index is 13.0. The van der Waals surface area contributed by atoms with E-state index in [4.69, 9.17) is 4.74 Å². The van der Waals surface area contributed by atoms with Gasteiger partial charge in [-0.25, -0.2) is 0 Å². The number of fused-ring (bicyclic) bond motifs is 1. The molecule has 108 valence electrons. The van der Waals surface area contributed by atoms with Crippen molar-refractivity contribution in [1.82, 2.24) is 5.32 Å². The molecule has 3 nitrogen and oxygen atoms in total. The van der Waals surface area contributed by atoms with E-state index in [9.17, 15) is 4.79 Å². The fourth-order valence-corrected chi connectivity index (χ4v) is 3.39. The third-order valence-electron chi connectivity index (χ3n) is 4.86. The Labute approximate surface area is 120 Å². The molecule has 1 aromatic rings. The lowest BCUT2D eigenvalue weighted by atomic mass is 9.70. The molecule has 3 heteroatoms. The minimum Gasteiger partial charge on any atom is -0.492 e. The summed E-state index contributed by atoms with van der Waals surface area (Å²) in [5.41, 5.74) is 1.61. The Balaban J connectivity index is 1.90. The van der Waals surface area contributed by atoms with E-state index >= 15 is 0 Å². The van der Waals surface area contributed by atoms with Crippen molar-refractivity contribution >= 4 is 5.78 Å². The van der Waals surface area contributed by atoms with Gasteiger partial charge in [-0.3, -0.25) is 4.79 Å². The summed E-state index contributed by atoms with van der Waals surface area (Å²) in [6.45, 7) is 6.88. The quantitative estimate of drug-likeness (QED) is 0.861. The molecule has 2 heterocycles. The molecule has 1 N–H and O–H groups in total. The zero-order valence-electron chi connectivity index (χ0n) is 12.4. The van der Waals surface area contributed by atoms with Crippen molar-refractivity contribution in [3.63, 3.8) is 0 Å². The molecule has 1 saturated heterocycles. The van der Waals surface area contributed by atoms with Gasteiger partial charge in [-0.1, -0.05) is 26.0 Å². The van der Waals surface area contributed by atoms with Gasteiger partial charge >= 0.3 is 0 Å². The summed E-state index contributed by atoms with van der Waals surface area (Å²) in [7, 11) is 0. The number of nitrogens with one attached hydrogen (secondary N) is 1. The average molecular weight is 273 g/mol. The number of para-hydroxylation sites is 1. The number of piperidine rings is 1. The number of rotatable bonds is 3. The van der Waals surface area contributed by atoms with Crippen LogP contribution in [0.4, 0.5) is 0 Å². The van der Waals surface area contributed by atoms with Crippen molar-refractivity contribution in [2.75, 3.05) is 19.7 Å². The molecule has 1 atom stereocenters. The average Bonchev–Trinajstić information content (AvgIpc) is 2.95. The highest BCUT2D eigenvalue weighted by Gasteiger charge is 2.39. The Morgan fingerprint density at radius 2 is 2.25 bits per heavy atom. The summed E-state index contributed by atoms with van der Waals surface area (Å²) < 4.78 is 5.70. The molecule has 0 radical (unpaired) electrons. The number of carbonyl (C=O) groups excluding carboxylic acids is 1. The van der Waals surface area contributed by atoms with E-state index in [-0.39, 0.29) is 11.2 Å². The van der Waals surface area contributed by atoms with E-state index in [1.807, 2.05) is 12.1 Å². The van der Waals surface area contributed by atoms with E-state index in [1.54, 1.807) is 0 Å². The van der Waals surface area contributed by atoms with Gasteiger partial charge in [0.15, 0.2) is 5.78 Å². The molecule has 1 unspecified atom stereocenters. The Kier molecular flexibility index (Phi) is 3.55. The SMILES string of the molecule is CC(C)(C(=O)c1cccc2c1OCC2)C1CCCNC1. The summed E-state index contributed by atoms with van der Waals surface area (Å²) in [5, 5.41) is 3.42.